The minimum Gasteiger partial charge on any atom is -0.398 e. The highest BCUT2D eigenvalue weighted by molar-refractivity contribution is 7.89. The molecule has 0 aromatic heterocycles. The molecule has 0 saturated heterocycles. The second-order valence-electron chi connectivity index (χ2n) is 4.78. The van der Waals surface area contributed by atoms with Crippen LogP contribution in [0.2, 0.25) is 0 Å². The summed E-state index contributed by atoms with van der Waals surface area (Å²) in [4.78, 5) is 0.220. The first kappa shape index (κ1) is 16.9. The minimum absolute atomic E-state index is 0.100. The van der Waals surface area contributed by atoms with Crippen LogP contribution < -0.4 is 5.73 Å². The summed E-state index contributed by atoms with van der Waals surface area (Å²) in [5.41, 5.74) is 6.81. The van der Waals surface area contributed by atoms with E-state index in [4.69, 9.17) is 5.73 Å². The first-order valence-corrected chi connectivity index (χ1v) is 8.31. The van der Waals surface area contributed by atoms with Crippen LogP contribution in [0.25, 0.3) is 0 Å². The van der Waals surface area contributed by atoms with Crippen molar-refractivity contribution in [2.45, 2.75) is 44.6 Å². The number of aliphatic hydroxyl groups is 1. The summed E-state index contributed by atoms with van der Waals surface area (Å²) in [7, 11) is -3.65. The van der Waals surface area contributed by atoms with Gasteiger partial charge in [0.05, 0.1) is 11.5 Å². The number of benzene rings is 1. The molecule has 0 saturated carbocycles. The Balaban J connectivity index is 3.33. The maximum atomic E-state index is 12.8. The Morgan fingerprint density at radius 2 is 1.90 bits per heavy atom. The molecule has 0 aliphatic carbocycles. The third-order valence-corrected chi connectivity index (χ3v) is 5.68. The molecule has 0 unspecified atom stereocenters. The molecule has 0 aliphatic heterocycles. The Kier molecular flexibility index (Phi) is 5.98. The average Bonchev–Trinajstić information content (AvgIpc) is 2.42. The van der Waals surface area contributed by atoms with Crippen molar-refractivity contribution in [2.75, 3.05) is 18.9 Å². The van der Waals surface area contributed by atoms with E-state index >= 15 is 0 Å². The van der Waals surface area contributed by atoms with Crippen LogP contribution in [0.1, 0.15) is 32.3 Å². The van der Waals surface area contributed by atoms with E-state index < -0.39 is 10.0 Å². The number of sulfonamides is 1. The van der Waals surface area contributed by atoms with Crippen LogP contribution >= 0.6 is 0 Å². The number of nitrogens with two attached hydrogens (primary N) is 1. The van der Waals surface area contributed by atoms with Gasteiger partial charge in [-0.15, -0.1) is 0 Å². The van der Waals surface area contributed by atoms with Gasteiger partial charge in [-0.25, -0.2) is 8.42 Å². The molecule has 1 aromatic carbocycles. The summed E-state index contributed by atoms with van der Waals surface area (Å²) in [6, 6.07) is 4.77. The molecule has 20 heavy (non-hydrogen) atoms. The van der Waals surface area contributed by atoms with Crippen molar-refractivity contribution < 1.29 is 13.5 Å². The zero-order valence-electron chi connectivity index (χ0n) is 12.3. The van der Waals surface area contributed by atoms with Gasteiger partial charge < -0.3 is 10.8 Å². The fraction of sp³-hybridized carbons (Fsp3) is 0.571. The average molecular weight is 300 g/mol. The lowest BCUT2D eigenvalue weighted by molar-refractivity contribution is 0.219. The zero-order chi connectivity index (χ0) is 15.3. The van der Waals surface area contributed by atoms with Gasteiger partial charge in [0, 0.05) is 18.3 Å². The summed E-state index contributed by atoms with van der Waals surface area (Å²) >= 11 is 0. The van der Waals surface area contributed by atoms with Crippen molar-refractivity contribution in [3.8, 4) is 0 Å². The largest absolute Gasteiger partial charge is 0.398 e. The van der Waals surface area contributed by atoms with Crippen LogP contribution in [0.3, 0.4) is 0 Å². The highest BCUT2D eigenvalue weighted by atomic mass is 32.2. The van der Waals surface area contributed by atoms with Gasteiger partial charge in [-0.2, -0.15) is 4.31 Å². The van der Waals surface area contributed by atoms with Crippen LogP contribution in [0, 0.1) is 6.92 Å². The van der Waals surface area contributed by atoms with Crippen molar-refractivity contribution in [3.05, 3.63) is 23.8 Å². The molecule has 0 bridgehead atoms. The van der Waals surface area contributed by atoms with E-state index in [1.807, 2.05) is 13.8 Å². The van der Waals surface area contributed by atoms with Crippen LogP contribution in [0.4, 0.5) is 5.69 Å². The molecule has 114 valence electrons. The lowest BCUT2D eigenvalue weighted by Gasteiger charge is -2.29. The van der Waals surface area contributed by atoms with Gasteiger partial charge in [-0.1, -0.05) is 19.9 Å². The first-order valence-electron chi connectivity index (χ1n) is 6.87. The van der Waals surface area contributed by atoms with Crippen molar-refractivity contribution in [1.29, 1.82) is 0 Å². The summed E-state index contributed by atoms with van der Waals surface area (Å²) < 4.78 is 27.0. The molecule has 6 heteroatoms. The van der Waals surface area contributed by atoms with Gasteiger partial charge >= 0.3 is 0 Å². The maximum Gasteiger partial charge on any atom is 0.243 e. The highest BCUT2D eigenvalue weighted by Crippen LogP contribution is 2.26. The molecule has 5 nitrogen and oxygen atoms in total. The number of rotatable bonds is 7. The van der Waals surface area contributed by atoms with E-state index in [-0.39, 0.29) is 24.1 Å². The molecule has 3 N–H and O–H groups in total. The molecule has 0 spiro atoms. The SMILES string of the molecule is CCC(CC)N(CCO)S(=O)(=O)c1cccc(N)c1C. The molecule has 0 atom stereocenters. The number of hydrogen-bond acceptors (Lipinski definition) is 4. The standard InChI is InChI=1S/C14H24N2O3S/c1-4-12(5-2)16(9-10-17)20(18,19)14-8-6-7-13(15)11(14)3/h6-8,12,17H,4-5,9-10,15H2,1-3H3. The molecule has 0 radical (unpaired) electrons. The van der Waals surface area contributed by atoms with Crippen molar-refractivity contribution in [3.63, 3.8) is 0 Å². The third kappa shape index (κ3) is 3.31. The Morgan fingerprint density at radius 1 is 1.30 bits per heavy atom. The smallest absolute Gasteiger partial charge is 0.243 e. The van der Waals surface area contributed by atoms with Crippen molar-refractivity contribution >= 4 is 15.7 Å². The van der Waals surface area contributed by atoms with E-state index in [0.717, 1.165) is 0 Å². The molecular formula is C14H24N2O3S. The Bertz CT molecular complexity index is 539. The predicted molar refractivity (Wildman–Crippen MR) is 80.9 cm³/mol. The van der Waals surface area contributed by atoms with Crippen LogP contribution in [-0.2, 0) is 10.0 Å². The maximum absolute atomic E-state index is 12.8. The molecule has 1 rings (SSSR count). The topological polar surface area (TPSA) is 83.6 Å². The van der Waals surface area contributed by atoms with Crippen molar-refractivity contribution in [1.82, 2.24) is 4.31 Å². The second kappa shape index (κ2) is 7.06. The van der Waals surface area contributed by atoms with Gasteiger partial charge in [0.1, 0.15) is 0 Å². The molecule has 0 amide bonds. The fourth-order valence-corrected chi connectivity index (χ4v) is 4.35. The van der Waals surface area contributed by atoms with E-state index in [0.29, 0.717) is 24.1 Å². The third-order valence-electron chi connectivity index (χ3n) is 3.58. The highest BCUT2D eigenvalue weighted by Gasteiger charge is 2.30. The normalized spacial score (nSPS) is 12.3. The van der Waals surface area contributed by atoms with E-state index in [9.17, 15) is 13.5 Å². The van der Waals surface area contributed by atoms with Gasteiger partial charge in [-0.05, 0) is 37.5 Å². The molecule has 0 aliphatic rings. The van der Waals surface area contributed by atoms with Crippen molar-refractivity contribution in [2.24, 2.45) is 0 Å². The predicted octanol–water partition coefficient (Wildman–Crippen LogP) is 1.75. The number of hydrogen-bond donors (Lipinski definition) is 2. The summed E-state index contributed by atoms with van der Waals surface area (Å²) in [5, 5.41) is 9.18. The number of aliphatic hydroxyl groups excluding tert-OH is 1. The summed E-state index contributed by atoms with van der Waals surface area (Å²) in [5.74, 6) is 0. The monoisotopic (exact) mass is 300 g/mol. The Morgan fingerprint density at radius 3 is 2.40 bits per heavy atom. The van der Waals surface area contributed by atoms with Gasteiger partial charge in [0.25, 0.3) is 0 Å². The van der Waals surface area contributed by atoms with Crippen LogP contribution in [0.15, 0.2) is 23.1 Å². The first-order chi connectivity index (χ1) is 9.39. The quantitative estimate of drug-likeness (QED) is 0.751. The van der Waals surface area contributed by atoms with E-state index in [2.05, 4.69) is 0 Å². The fourth-order valence-electron chi connectivity index (χ4n) is 2.33. The lowest BCUT2D eigenvalue weighted by atomic mass is 10.2. The number of nitrogens with zero attached hydrogens (tertiary/aromatic N) is 1. The number of anilines is 1. The van der Waals surface area contributed by atoms with E-state index in [1.165, 1.54) is 4.31 Å². The molecule has 0 fully saturated rings. The molecule has 0 heterocycles. The van der Waals surface area contributed by atoms with Gasteiger partial charge in [-0.3, -0.25) is 0 Å². The second-order valence-corrected chi connectivity index (χ2v) is 6.64. The van der Waals surface area contributed by atoms with Crippen LogP contribution in [0.5, 0.6) is 0 Å². The Hall–Kier alpha value is -1.11. The zero-order valence-corrected chi connectivity index (χ0v) is 13.2. The lowest BCUT2D eigenvalue weighted by Crippen LogP contribution is -2.41. The summed E-state index contributed by atoms with van der Waals surface area (Å²) in [6.07, 6.45) is 1.41. The van der Waals surface area contributed by atoms with Gasteiger partial charge in [0.15, 0.2) is 0 Å². The molecule has 1 aromatic rings. The number of nitrogen functional groups attached to an aromatic ring is 1. The minimum atomic E-state index is -3.65. The van der Waals surface area contributed by atoms with Gasteiger partial charge in [0.2, 0.25) is 10.0 Å². The molecular weight excluding hydrogens is 276 g/mol. The Labute approximate surface area is 121 Å². The van der Waals surface area contributed by atoms with Crippen LogP contribution in [-0.4, -0.2) is 37.0 Å². The summed E-state index contributed by atoms with van der Waals surface area (Å²) in [6.45, 7) is 5.49. The van der Waals surface area contributed by atoms with E-state index in [1.54, 1.807) is 25.1 Å².